The van der Waals surface area contributed by atoms with E-state index in [1.54, 1.807) is 0 Å². The number of rotatable bonds is 36. The van der Waals surface area contributed by atoms with Gasteiger partial charge in [-0.05, 0) is 77.0 Å². The monoisotopic (exact) mass is 691 g/mol. The SMILES string of the molecule is CCCCCC=CCC=CCCCCCCCC(=O)OCC(CO)OC(CO)COC(=O)CCCCCCCC=CCC=CCCCCC. The fourth-order valence-electron chi connectivity index (χ4n) is 5.22. The Hall–Kier alpha value is -2.22. The van der Waals surface area contributed by atoms with Crippen LogP contribution >= 0.6 is 0 Å². The third kappa shape index (κ3) is 35.4. The average Bonchev–Trinajstić information content (AvgIpc) is 3.11. The molecule has 0 radical (unpaired) electrons. The Morgan fingerprint density at radius 2 is 0.796 bits per heavy atom. The van der Waals surface area contributed by atoms with Gasteiger partial charge in [0.2, 0.25) is 0 Å². The number of aliphatic hydroxyl groups is 2. The number of hydrogen-bond acceptors (Lipinski definition) is 7. The first kappa shape index (κ1) is 46.8. The standard InChI is InChI=1S/C42H74O7/c1-3-5-7-9-11-13-15-17-19-21-23-25-27-29-31-33-41(45)47-37-39(35-43)49-40(36-44)38-48-42(46)34-32-30-28-26-24-22-20-18-16-14-12-10-8-6-4-2/h11-14,17-20,39-40,43-44H,3-10,15-16,21-38H2,1-2H3. The van der Waals surface area contributed by atoms with Crippen LogP contribution in [0.1, 0.15) is 168 Å². The summed E-state index contributed by atoms with van der Waals surface area (Å²) in [5, 5.41) is 19.3. The van der Waals surface area contributed by atoms with Gasteiger partial charge in [0.05, 0.1) is 13.2 Å². The molecule has 0 aromatic heterocycles. The Labute approximate surface area is 300 Å². The Morgan fingerprint density at radius 3 is 1.14 bits per heavy atom. The molecule has 0 fully saturated rings. The van der Waals surface area contributed by atoms with Crippen molar-refractivity contribution in [3.05, 3.63) is 48.6 Å². The molecule has 0 saturated carbocycles. The summed E-state index contributed by atoms with van der Waals surface area (Å²) in [6, 6.07) is 0. The molecule has 49 heavy (non-hydrogen) atoms. The fraction of sp³-hybridized carbons (Fsp3) is 0.762. The van der Waals surface area contributed by atoms with Crippen molar-refractivity contribution in [1.82, 2.24) is 0 Å². The Bertz CT molecular complexity index is 780. The Balaban J connectivity index is 3.81. The number of hydrogen-bond donors (Lipinski definition) is 2. The molecule has 2 N–H and O–H groups in total. The van der Waals surface area contributed by atoms with Gasteiger partial charge in [0.1, 0.15) is 25.4 Å². The quantitative estimate of drug-likeness (QED) is 0.0383. The van der Waals surface area contributed by atoms with Gasteiger partial charge in [-0.15, -0.1) is 0 Å². The van der Waals surface area contributed by atoms with Crippen LogP contribution in [0.15, 0.2) is 48.6 Å². The van der Waals surface area contributed by atoms with Crippen molar-refractivity contribution >= 4 is 11.9 Å². The van der Waals surface area contributed by atoms with Gasteiger partial charge in [0, 0.05) is 12.8 Å². The molecule has 0 saturated heterocycles. The molecule has 0 spiro atoms. The van der Waals surface area contributed by atoms with Gasteiger partial charge in [-0.25, -0.2) is 0 Å². The maximum Gasteiger partial charge on any atom is 0.305 e. The smallest absolute Gasteiger partial charge is 0.305 e. The number of unbranched alkanes of at least 4 members (excludes halogenated alkanes) is 16. The van der Waals surface area contributed by atoms with E-state index in [4.69, 9.17) is 14.2 Å². The minimum absolute atomic E-state index is 0.105. The van der Waals surface area contributed by atoms with Gasteiger partial charge in [-0.1, -0.05) is 127 Å². The molecule has 7 nitrogen and oxygen atoms in total. The van der Waals surface area contributed by atoms with Gasteiger partial charge >= 0.3 is 11.9 Å². The van der Waals surface area contributed by atoms with E-state index in [9.17, 15) is 19.8 Å². The zero-order chi connectivity index (χ0) is 35.9. The van der Waals surface area contributed by atoms with Crippen LogP contribution in [0.3, 0.4) is 0 Å². The summed E-state index contributed by atoms with van der Waals surface area (Å²) >= 11 is 0. The van der Waals surface area contributed by atoms with Crippen molar-refractivity contribution in [2.75, 3.05) is 26.4 Å². The highest BCUT2D eigenvalue weighted by atomic mass is 16.6. The van der Waals surface area contributed by atoms with Crippen molar-refractivity contribution in [3.63, 3.8) is 0 Å². The molecule has 0 heterocycles. The molecule has 2 unspecified atom stereocenters. The first-order chi connectivity index (χ1) is 24.1. The molecule has 0 aliphatic carbocycles. The first-order valence-electron chi connectivity index (χ1n) is 19.9. The normalized spacial score (nSPS) is 13.3. The minimum atomic E-state index is -0.786. The van der Waals surface area contributed by atoms with Crippen LogP contribution in [-0.2, 0) is 23.8 Å². The second-order valence-electron chi connectivity index (χ2n) is 13.1. The highest BCUT2D eigenvalue weighted by Crippen LogP contribution is 2.11. The van der Waals surface area contributed by atoms with E-state index >= 15 is 0 Å². The molecule has 0 aromatic rings. The molecule has 0 aliphatic rings. The summed E-state index contributed by atoms with van der Waals surface area (Å²) in [5.74, 6) is -0.644. The molecule has 0 bridgehead atoms. The van der Waals surface area contributed by atoms with E-state index in [0.717, 1.165) is 89.9 Å². The van der Waals surface area contributed by atoms with Gasteiger partial charge in [-0.3, -0.25) is 9.59 Å². The molecule has 2 atom stereocenters. The summed E-state index contributed by atoms with van der Waals surface area (Å²) in [7, 11) is 0. The van der Waals surface area contributed by atoms with Crippen LogP contribution in [0.5, 0.6) is 0 Å². The lowest BCUT2D eigenvalue weighted by molar-refractivity contribution is -0.160. The topological polar surface area (TPSA) is 102 Å². The molecule has 7 heteroatoms. The van der Waals surface area contributed by atoms with Crippen molar-refractivity contribution in [1.29, 1.82) is 0 Å². The van der Waals surface area contributed by atoms with Gasteiger partial charge in [0.15, 0.2) is 0 Å². The molecule has 0 amide bonds. The third-order valence-corrected chi connectivity index (χ3v) is 8.32. The number of carbonyl (C=O) groups is 2. The predicted octanol–water partition coefficient (Wildman–Crippen LogP) is 10.4. The van der Waals surface area contributed by atoms with Gasteiger partial charge in [-0.2, -0.15) is 0 Å². The number of esters is 2. The van der Waals surface area contributed by atoms with E-state index in [1.807, 2.05) is 0 Å². The summed E-state index contributed by atoms with van der Waals surface area (Å²) < 4.78 is 16.2. The van der Waals surface area contributed by atoms with E-state index < -0.39 is 12.2 Å². The maximum atomic E-state index is 12.2. The van der Waals surface area contributed by atoms with Crippen LogP contribution in [0.25, 0.3) is 0 Å². The lowest BCUT2D eigenvalue weighted by atomic mass is 10.1. The van der Waals surface area contributed by atoms with E-state index in [1.165, 1.54) is 51.4 Å². The van der Waals surface area contributed by atoms with Crippen LogP contribution in [0, 0.1) is 0 Å². The van der Waals surface area contributed by atoms with Crippen molar-refractivity contribution < 1.29 is 34.0 Å². The first-order valence-corrected chi connectivity index (χ1v) is 19.9. The average molecular weight is 691 g/mol. The third-order valence-electron chi connectivity index (χ3n) is 8.32. The summed E-state index contributed by atoms with van der Waals surface area (Å²) in [6.07, 6.45) is 41.8. The number of allylic oxidation sites excluding steroid dienone is 8. The van der Waals surface area contributed by atoms with Crippen LogP contribution in [0.4, 0.5) is 0 Å². The highest BCUT2D eigenvalue weighted by molar-refractivity contribution is 5.69. The van der Waals surface area contributed by atoms with Crippen LogP contribution in [-0.4, -0.2) is 60.8 Å². The zero-order valence-electron chi connectivity index (χ0n) is 31.5. The second kappa shape index (κ2) is 38.6. The predicted molar refractivity (Wildman–Crippen MR) is 203 cm³/mol. The highest BCUT2D eigenvalue weighted by Gasteiger charge is 2.19. The van der Waals surface area contributed by atoms with E-state index in [0.29, 0.717) is 12.8 Å². The summed E-state index contributed by atoms with van der Waals surface area (Å²) in [5.41, 5.74) is 0. The largest absolute Gasteiger partial charge is 0.463 e. The number of ether oxygens (including phenoxy) is 3. The van der Waals surface area contributed by atoms with Crippen molar-refractivity contribution in [2.24, 2.45) is 0 Å². The Kier molecular flexibility index (Phi) is 36.8. The van der Waals surface area contributed by atoms with Gasteiger partial charge < -0.3 is 24.4 Å². The molecule has 0 rings (SSSR count). The molecular weight excluding hydrogens is 616 g/mol. The maximum absolute atomic E-state index is 12.2. The lowest BCUT2D eigenvalue weighted by Crippen LogP contribution is -2.35. The summed E-state index contributed by atoms with van der Waals surface area (Å²) in [6.45, 7) is 3.51. The lowest BCUT2D eigenvalue weighted by Gasteiger charge is -2.22. The van der Waals surface area contributed by atoms with Crippen LogP contribution in [0.2, 0.25) is 0 Å². The Morgan fingerprint density at radius 1 is 0.469 bits per heavy atom. The van der Waals surface area contributed by atoms with E-state index in [-0.39, 0.29) is 38.4 Å². The number of carbonyl (C=O) groups excluding carboxylic acids is 2. The van der Waals surface area contributed by atoms with Gasteiger partial charge in [0.25, 0.3) is 0 Å². The fourth-order valence-corrected chi connectivity index (χ4v) is 5.22. The minimum Gasteiger partial charge on any atom is -0.463 e. The van der Waals surface area contributed by atoms with Crippen molar-refractivity contribution in [3.8, 4) is 0 Å². The molecule has 0 aliphatic heterocycles. The zero-order valence-corrected chi connectivity index (χ0v) is 31.5. The molecule has 284 valence electrons. The second-order valence-corrected chi connectivity index (χ2v) is 13.1. The molecular formula is C42H74O7. The van der Waals surface area contributed by atoms with E-state index in [2.05, 4.69) is 62.5 Å². The molecule has 0 aromatic carbocycles. The number of aliphatic hydroxyl groups excluding tert-OH is 2. The van der Waals surface area contributed by atoms with Crippen LogP contribution < -0.4 is 0 Å². The summed E-state index contributed by atoms with van der Waals surface area (Å²) in [4.78, 5) is 24.3. The van der Waals surface area contributed by atoms with Crippen molar-refractivity contribution in [2.45, 2.75) is 180 Å².